The van der Waals surface area contributed by atoms with Crippen molar-refractivity contribution >= 4 is 48.9 Å². The lowest BCUT2D eigenvalue weighted by molar-refractivity contribution is -0.142. The van der Waals surface area contributed by atoms with Gasteiger partial charge in [-0.2, -0.15) is 0 Å². The molecular weight excluding hydrogens is 474 g/mol. The molecule has 0 saturated carbocycles. The van der Waals surface area contributed by atoms with E-state index in [-0.39, 0.29) is 23.8 Å². The number of ether oxygens (including phenoxy) is 1. The van der Waals surface area contributed by atoms with Crippen LogP contribution >= 0.6 is 27.3 Å². The van der Waals surface area contributed by atoms with E-state index in [2.05, 4.69) is 15.9 Å². The van der Waals surface area contributed by atoms with Crippen LogP contribution in [0.25, 0.3) is 0 Å². The minimum Gasteiger partial charge on any atom is -0.466 e. The van der Waals surface area contributed by atoms with Gasteiger partial charge in [0.25, 0.3) is 10.0 Å². The van der Waals surface area contributed by atoms with Crippen molar-refractivity contribution in [3.63, 3.8) is 0 Å². The average Bonchev–Trinajstić information content (AvgIpc) is 3.21. The Morgan fingerprint density at radius 3 is 2.34 bits per heavy atom. The normalized spacial score (nSPS) is 11.2. The van der Waals surface area contributed by atoms with Gasteiger partial charge in [0.2, 0.25) is 0 Å². The van der Waals surface area contributed by atoms with Crippen LogP contribution in [0.2, 0.25) is 0 Å². The Bertz CT molecular complexity index is 1050. The SMILES string of the molecule is CCOC(=O)Cc1ccc(N(Cc2cccs2)S(=O)(=O)c2ccc(Br)cc2)cc1. The second kappa shape index (κ2) is 9.56. The molecule has 0 fully saturated rings. The van der Waals surface area contributed by atoms with Gasteiger partial charge in [0.1, 0.15) is 0 Å². The number of sulfonamides is 1. The molecule has 152 valence electrons. The third kappa shape index (κ3) is 5.46. The summed E-state index contributed by atoms with van der Waals surface area (Å²) in [4.78, 5) is 12.8. The zero-order valence-corrected chi connectivity index (χ0v) is 19.0. The molecule has 0 aliphatic rings. The molecule has 3 rings (SSSR count). The van der Waals surface area contributed by atoms with Crippen LogP contribution in [0.4, 0.5) is 5.69 Å². The first-order valence-corrected chi connectivity index (χ1v) is 12.1. The first kappa shape index (κ1) is 21.5. The quantitative estimate of drug-likeness (QED) is 0.413. The lowest BCUT2D eigenvalue weighted by Crippen LogP contribution is -2.30. The summed E-state index contributed by atoms with van der Waals surface area (Å²) in [6.07, 6.45) is 0.151. The van der Waals surface area contributed by atoms with Crippen molar-refractivity contribution in [2.75, 3.05) is 10.9 Å². The molecule has 5 nitrogen and oxygen atoms in total. The van der Waals surface area contributed by atoms with Crippen LogP contribution in [0.1, 0.15) is 17.4 Å². The first-order chi connectivity index (χ1) is 13.9. The lowest BCUT2D eigenvalue weighted by Gasteiger charge is -2.24. The fraction of sp³-hybridized carbons (Fsp3) is 0.190. The van der Waals surface area contributed by atoms with Crippen LogP contribution in [0.3, 0.4) is 0 Å². The maximum atomic E-state index is 13.4. The first-order valence-electron chi connectivity index (χ1n) is 8.95. The Kier molecular flexibility index (Phi) is 7.10. The number of thiophene rings is 1. The zero-order chi connectivity index (χ0) is 20.9. The average molecular weight is 494 g/mol. The molecule has 1 heterocycles. The van der Waals surface area contributed by atoms with Gasteiger partial charge < -0.3 is 4.74 Å². The van der Waals surface area contributed by atoms with Crippen molar-refractivity contribution in [3.8, 4) is 0 Å². The van der Waals surface area contributed by atoms with Gasteiger partial charge in [-0.15, -0.1) is 11.3 Å². The van der Waals surface area contributed by atoms with Crippen molar-refractivity contribution < 1.29 is 17.9 Å². The van der Waals surface area contributed by atoms with Gasteiger partial charge in [0.15, 0.2) is 0 Å². The largest absolute Gasteiger partial charge is 0.466 e. The maximum absolute atomic E-state index is 13.4. The topological polar surface area (TPSA) is 63.7 Å². The minimum absolute atomic E-state index is 0.151. The van der Waals surface area contributed by atoms with Crippen molar-refractivity contribution in [2.24, 2.45) is 0 Å². The molecule has 0 bridgehead atoms. The molecule has 0 atom stereocenters. The number of carbonyl (C=O) groups excluding carboxylic acids is 1. The molecule has 1 aromatic heterocycles. The van der Waals surface area contributed by atoms with Gasteiger partial charge >= 0.3 is 5.97 Å². The molecule has 0 unspecified atom stereocenters. The molecule has 0 aliphatic heterocycles. The number of hydrogen-bond acceptors (Lipinski definition) is 5. The van der Waals surface area contributed by atoms with Crippen LogP contribution in [-0.2, 0) is 32.5 Å². The Labute approximate surface area is 183 Å². The zero-order valence-electron chi connectivity index (χ0n) is 15.7. The summed E-state index contributed by atoms with van der Waals surface area (Å²) in [5.41, 5.74) is 1.30. The minimum atomic E-state index is -3.76. The van der Waals surface area contributed by atoms with Gasteiger partial charge in [0, 0.05) is 9.35 Å². The number of rotatable bonds is 8. The summed E-state index contributed by atoms with van der Waals surface area (Å²) in [5.74, 6) is -0.307. The van der Waals surface area contributed by atoms with E-state index < -0.39 is 10.0 Å². The summed E-state index contributed by atoms with van der Waals surface area (Å²) in [6, 6.07) is 17.3. The second-order valence-electron chi connectivity index (χ2n) is 6.19. The maximum Gasteiger partial charge on any atom is 0.310 e. The molecule has 0 N–H and O–H groups in total. The highest BCUT2D eigenvalue weighted by Crippen LogP contribution is 2.28. The van der Waals surface area contributed by atoms with Crippen molar-refractivity contribution in [1.29, 1.82) is 0 Å². The highest BCUT2D eigenvalue weighted by molar-refractivity contribution is 9.10. The van der Waals surface area contributed by atoms with Crippen molar-refractivity contribution in [3.05, 3.63) is 81.0 Å². The van der Waals surface area contributed by atoms with E-state index >= 15 is 0 Å². The number of nitrogens with zero attached hydrogens (tertiary/aromatic N) is 1. The van der Waals surface area contributed by atoms with Gasteiger partial charge in [-0.3, -0.25) is 9.10 Å². The summed E-state index contributed by atoms with van der Waals surface area (Å²) in [6.45, 7) is 2.32. The van der Waals surface area contributed by atoms with E-state index in [1.807, 2.05) is 17.5 Å². The number of hydrogen-bond donors (Lipinski definition) is 0. The van der Waals surface area contributed by atoms with Gasteiger partial charge in [-0.25, -0.2) is 8.42 Å². The predicted octanol–water partition coefficient (Wildman–Crippen LogP) is 5.01. The summed E-state index contributed by atoms with van der Waals surface area (Å²) in [5, 5.41) is 1.92. The Balaban J connectivity index is 1.93. The van der Waals surface area contributed by atoms with Gasteiger partial charge in [0.05, 0.1) is 30.2 Å². The summed E-state index contributed by atoms with van der Waals surface area (Å²) >= 11 is 4.84. The number of carbonyl (C=O) groups is 1. The summed E-state index contributed by atoms with van der Waals surface area (Å²) < 4.78 is 33.9. The highest BCUT2D eigenvalue weighted by atomic mass is 79.9. The van der Waals surface area contributed by atoms with Crippen LogP contribution in [0.15, 0.2) is 75.4 Å². The fourth-order valence-electron chi connectivity index (χ4n) is 2.75. The molecule has 0 saturated heterocycles. The lowest BCUT2D eigenvalue weighted by atomic mass is 10.1. The molecule has 2 aromatic carbocycles. The van der Waals surface area contributed by atoms with Crippen LogP contribution in [-0.4, -0.2) is 21.0 Å². The molecule has 0 radical (unpaired) electrons. The third-order valence-electron chi connectivity index (χ3n) is 4.16. The second-order valence-corrected chi connectivity index (χ2v) is 10.0. The van der Waals surface area contributed by atoms with E-state index in [9.17, 15) is 13.2 Å². The van der Waals surface area contributed by atoms with Gasteiger partial charge in [-0.05, 0) is 60.3 Å². The van der Waals surface area contributed by atoms with E-state index in [0.717, 1.165) is 14.9 Å². The van der Waals surface area contributed by atoms with Crippen LogP contribution in [0, 0.1) is 0 Å². The smallest absolute Gasteiger partial charge is 0.310 e. The molecule has 0 amide bonds. The molecule has 3 aromatic rings. The Morgan fingerprint density at radius 1 is 1.07 bits per heavy atom. The van der Waals surface area contributed by atoms with Gasteiger partial charge in [-0.1, -0.05) is 34.1 Å². The summed E-state index contributed by atoms with van der Waals surface area (Å²) in [7, 11) is -3.76. The number of halogens is 1. The monoisotopic (exact) mass is 493 g/mol. The molecule has 8 heteroatoms. The van der Waals surface area contributed by atoms with E-state index in [1.165, 1.54) is 15.6 Å². The van der Waals surface area contributed by atoms with Crippen LogP contribution < -0.4 is 4.31 Å². The van der Waals surface area contributed by atoms with E-state index in [4.69, 9.17) is 4.74 Å². The van der Waals surface area contributed by atoms with Crippen molar-refractivity contribution in [1.82, 2.24) is 0 Å². The molecular formula is C21H20BrNO4S2. The van der Waals surface area contributed by atoms with E-state index in [1.54, 1.807) is 55.5 Å². The molecule has 29 heavy (non-hydrogen) atoms. The Morgan fingerprint density at radius 2 is 1.76 bits per heavy atom. The molecule has 0 spiro atoms. The number of benzene rings is 2. The van der Waals surface area contributed by atoms with Crippen molar-refractivity contribution in [2.45, 2.75) is 24.8 Å². The predicted molar refractivity (Wildman–Crippen MR) is 119 cm³/mol. The number of esters is 1. The highest BCUT2D eigenvalue weighted by Gasteiger charge is 2.25. The standard InChI is InChI=1S/C21H20BrNO4S2/c1-2-27-21(24)14-16-5-9-18(10-6-16)23(15-19-4-3-13-28-19)29(25,26)20-11-7-17(22)8-12-20/h3-13H,2,14-15H2,1H3. The Hall–Kier alpha value is -2.16. The fourth-order valence-corrected chi connectivity index (χ4v) is 5.23. The molecule has 0 aliphatic carbocycles. The van der Waals surface area contributed by atoms with E-state index in [0.29, 0.717) is 12.3 Å². The third-order valence-corrected chi connectivity index (χ3v) is 7.34. The van der Waals surface area contributed by atoms with Crippen LogP contribution in [0.5, 0.6) is 0 Å². The number of anilines is 1.